The molecule has 0 aliphatic carbocycles. The molecule has 22 heavy (non-hydrogen) atoms. The van der Waals surface area contributed by atoms with Crippen LogP contribution in [0, 0.1) is 0 Å². The third-order valence-corrected chi connectivity index (χ3v) is 4.45. The van der Waals surface area contributed by atoms with Gasteiger partial charge in [0.15, 0.2) is 0 Å². The Labute approximate surface area is 135 Å². The maximum absolute atomic E-state index is 4.72. The zero-order valence-electron chi connectivity index (χ0n) is 15.0. The van der Waals surface area contributed by atoms with Gasteiger partial charge >= 0.3 is 0 Å². The summed E-state index contributed by atoms with van der Waals surface area (Å²) in [6, 6.07) is 7.22. The first kappa shape index (κ1) is 17.0. The van der Waals surface area contributed by atoms with Crippen molar-refractivity contribution in [1.29, 1.82) is 0 Å². The highest BCUT2D eigenvalue weighted by Crippen LogP contribution is 2.25. The highest BCUT2D eigenvalue weighted by molar-refractivity contribution is 5.76. The van der Waals surface area contributed by atoms with Gasteiger partial charge in [0.2, 0.25) is 0 Å². The predicted octanol–water partition coefficient (Wildman–Crippen LogP) is 4.52. The molecule has 2 rings (SSSR count). The molecule has 3 heteroatoms. The quantitative estimate of drug-likeness (QED) is 0.795. The Hall–Kier alpha value is -1.35. The molecule has 0 atom stereocenters. The van der Waals surface area contributed by atoms with Crippen molar-refractivity contribution in [3.05, 3.63) is 29.6 Å². The van der Waals surface area contributed by atoms with E-state index >= 15 is 0 Å². The Morgan fingerprint density at radius 1 is 1.18 bits per heavy atom. The SMILES string of the molecule is CC(C)N(C)CCCCc1nc2ccc(C(C)(C)C)cc2[nH]1. The zero-order valence-corrected chi connectivity index (χ0v) is 15.0. The highest BCUT2D eigenvalue weighted by atomic mass is 15.1. The second-order valence-electron chi connectivity index (χ2n) is 7.70. The van der Waals surface area contributed by atoms with Crippen LogP contribution in [0.2, 0.25) is 0 Å². The maximum Gasteiger partial charge on any atom is 0.107 e. The normalized spacial score (nSPS) is 12.7. The van der Waals surface area contributed by atoms with E-state index in [0.717, 1.165) is 24.3 Å². The van der Waals surface area contributed by atoms with E-state index in [1.165, 1.54) is 23.9 Å². The van der Waals surface area contributed by atoms with Gasteiger partial charge in [0.1, 0.15) is 5.82 Å². The standard InChI is InChI=1S/C19H31N3/c1-14(2)22(6)12-8-7-9-18-20-16-11-10-15(19(3,4)5)13-17(16)21-18/h10-11,13-14H,7-9,12H2,1-6H3,(H,20,21). The number of nitrogens with one attached hydrogen (secondary N) is 1. The van der Waals surface area contributed by atoms with Crippen molar-refractivity contribution in [2.75, 3.05) is 13.6 Å². The molecule has 0 radical (unpaired) electrons. The van der Waals surface area contributed by atoms with Gasteiger partial charge in [-0.05, 0) is 63.4 Å². The van der Waals surface area contributed by atoms with Crippen LogP contribution in [-0.4, -0.2) is 34.5 Å². The number of aromatic amines is 1. The van der Waals surface area contributed by atoms with E-state index in [9.17, 15) is 0 Å². The van der Waals surface area contributed by atoms with E-state index < -0.39 is 0 Å². The van der Waals surface area contributed by atoms with Crippen molar-refractivity contribution >= 4 is 11.0 Å². The molecule has 0 saturated carbocycles. The molecule has 1 aromatic carbocycles. The van der Waals surface area contributed by atoms with Crippen molar-refractivity contribution in [2.45, 2.75) is 65.3 Å². The summed E-state index contributed by atoms with van der Waals surface area (Å²) < 4.78 is 0. The van der Waals surface area contributed by atoms with Gasteiger partial charge in [0.25, 0.3) is 0 Å². The highest BCUT2D eigenvalue weighted by Gasteiger charge is 2.14. The van der Waals surface area contributed by atoms with Gasteiger partial charge in [-0.25, -0.2) is 4.98 Å². The van der Waals surface area contributed by atoms with E-state index in [2.05, 4.69) is 69.7 Å². The molecule has 0 spiro atoms. The fourth-order valence-electron chi connectivity index (χ4n) is 2.56. The van der Waals surface area contributed by atoms with Crippen molar-refractivity contribution in [2.24, 2.45) is 0 Å². The summed E-state index contributed by atoms with van der Waals surface area (Å²) in [6.45, 7) is 12.4. The number of aromatic nitrogens is 2. The Morgan fingerprint density at radius 3 is 2.55 bits per heavy atom. The van der Waals surface area contributed by atoms with Crippen LogP contribution in [0.1, 0.15) is 58.8 Å². The molecule has 0 aliphatic heterocycles. The van der Waals surface area contributed by atoms with Crippen molar-refractivity contribution in [1.82, 2.24) is 14.9 Å². The second-order valence-corrected chi connectivity index (χ2v) is 7.70. The van der Waals surface area contributed by atoms with Crippen LogP contribution in [-0.2, 0) is 11.8 Å². The van der Waals surface area contributed by atoms with Crippen LogP contribution in [0.5, 0.6) is 0 Å². The number of aryl methyl sites for hydroxylation is 1. The molecule has 1 N–H and O–H groups in total. The summed E-state index contributed by atoms with van der Waals surface area (Å²) in [5.41, 5.74) is 3.79. The van der Waals surface area contributed by atoms with Crippen molar-refractivity contribution < 1.29 is 0 Å². The Balaban J connectivity index is 1.95. The average molecular weight is 301 g/mol. The number of H-pyrrole nitrogens is 1. The van der Waals surface area contributed by atoms with Gasteiger partial charge in [-0.3, -0.25) is 0 Å². The minimum atomic E-state index is 0.181. The lowest BCUT2D eigenvalue weighted by Gasteiger charge is -2.20. The summed E-state index contributed by atoms with van der Waals surface area (Å²) in [4.78, 5) is 10.6. The van der Waals surface area contributed by atoms with Crippen LogP contribution in [0.4, 0.5) is 0 Å². The first-order valence-electron chi connectivity index (χ1n) is 8.47. The Kier molecular flexibility index (Phi) is 5.28. The largest absolute Gasteiger partial charge is 0.342 e. The average Bonchev–Trinajstić information content (AvgIpc) is 2.83. The van der Waals surface area contributed by atoms with Gasteiger partial charge < -0.3 is 9.88 Å². The molecule has 122 valence electrons. The van der Waals surface area contributed by atoms with Crippen LogP contribution >= 0.6 is 0 Å². The number of hydrogen-bond acceptors (Lipinski definition) is 2. The summed E-state index contributed by atoms with van der Waals surface area (Å²) >= 11 is 0. The molecule has 1 heterocycles. The number of benzene rings is 1. The van der Waals surface area contributed by atoms with Crippen LogP contribution < -0.4 is 0 Å². The molecule has 0 unspecified atom stereocenters. The van der Waals surface area contributed by atoms with Crippen LogP contribution in [0.3, 0.4) is 0 Å². The number of fused-ring (bicyclic) bond motifs is 1. The van der Waals surface area contributed by atoms with Crippen LogP contribution in [0.15, 0.2) is 18.2 Å². The number of nitrogens with zero attached hydrogens (tertiary/aromatic N) is 2. The van der Waals surface area contributed by atoms with Gasteiger partial charge in [-0.2, -0.15) is 0 Å². The van der Waals surface area contributed by atoms with E-state index in [0.29, 0.717) is 6.04 Å². The van der Waals surface area contributed by atoms with Crippen LogP contribution in [0.25, 0.3) is 11.0 Å². The summed E-state index contributed by atoms with van der Waals surface area (Å²) in [7, 11) is 2.19. The molecule has 0 saturated heterocycles. The predicted molar refractivity (Wildman–Crippen MR) is 95.5 cm³/mol. The maximum atomic E-state index is 4.72. The van der Waals surface area contributed by atoms with Gasteiger partial charge in [-0.1, -0.05) is 26.8 Å². The number of unbranched alkanes of at least 4 members (excludes halogenated alkanes) is 1. The van der Waals surface area contributed by atoms with E-state index in [4.69, 9.17) is 4.98 Å². The van der Waals surface area contributed by atoms with E-state index in [-0.39, 0.29) is 5.41 Å². The lowest BCUT2D eigenvalue weighted by atomic mass is 9.87. The lowest BCUT2D eigenvalue weighted by molar-refractivity contribution is 0.268. The third kappa shape index (κ3) is 4.33. The zero-order chi connectivity index (χ0) is 16.3. The smallest absolute Gasteiger partial charge is 0.107 e. The van der Waals surface area contributed by atoms with Gasteiger partial charge in [0, 0.05) is 12.5 Å². The number of hydrogen-bond donors (Lipinski definition) is 1. The molecule has 1 aromatic heterocycles. The lowest BCUT2D eigenvalue weighted by Crippen LogP contribution is -2.27. The number of imidazole rings is 1. The van der Waals surface area contributed by atoms with Crippen molar-refractivity contribution in [3.8, 4) is 0 Å². The Bertz CT molecular complexity index is 605. The first-order valence-corrected chi connectivity index (χ1v) is 8.47. The molecule has 0 bridgehead atoms. The summed E-state index contributed by atoms with van der Waals surface area (Å²) in [6.07, 6.45) is 3.44. The van der Waals surface area contributed by atoms with E-state index in [1.54, 1.807) is 0 Å². The Morgan fingerprint density at radius 2 is 1.91 bits per heavy atom. The van der Waals surface area contributed by atoms with Crippen molar-refractivity contribution in [3.63, 3.8) is 0 Å². The minimum absolute atomic E-state index is 0.181. The first-order chi connectivity index (χ1) is 10.3. The fraction of sp³-hybridized carbons (Fsp3) is 0.632. The second kappa shape index (κ2) is 6.82. The minimum Gasteiger partial charge on any atom is -0.342 e. The summed E-state index contributed by atoms with van der Waals surface area (Å²) in [5, 5.41) is 0. The topological polar surface area (TPSA) is 31.9 Å². The molecule has 3 nitrogen and oxygen atoms in total. The van der Waals surface area contributed by atoms with Gasteiger partial charge in [-0.15, -0.1) is 0 Å². The molecule has 0 fully saturated rings. The molecule has 0 aliphatic rings. The molecule has 2 aromatic rings. The third-order valence-electron chi connectivity index (χ3n) is 4.45. The number of rotatable bonds is 6. The molecule has 0 amide bonds. The molecular weight excluding hydrogens is 270 g/mol. The fourth-order valence-corrected chi connectivity index (χ4v) is 2.56. The molecular formula is C19H31N3. The van der Waals surface area contributed by atoms with Gasteiger partial charge in [0.05, 0.1) is 11.0 Å². The van der Waals surface area contributed by atoms with E-state index in [1.807, 2.05) is 0 Å². The monoisotopic (exact) mass is 301 g/mol. The summed E-state index contributed by atoms with van der Waals surface area (Å²) in [5.74, 6) is 1.12.